The van der Waals surface area contributed by atoms with Crippen LogP contribution in [0.25, 0.3) is 0 Å². The zero-order valence-corrected chi connectivity index (χ0v) is 17.3. The lowest BCUT2D eigenvalue weighted by molar-refractivity contribution is 0.434. The molecule has 0 unspecified atom stereocenters. The summed E-state index contributed by atoms with van der Waals surface area (Å²) in [5.74, 6) is 1.37. The highest BCUT2D eigenvalue weighted by Crippen LogP contribution is 2.46. The molecule has 1 aliphatic rings. The molecule has 0 aromatic heterocycles. The second-order valence-electron chi connectivity index (χ2n) is 8.85. The third-order valence-corrected chi connectivity index (χ3v) is 6.36. The van der Waals surface area contributed by atoms with Crippen LogP contribution in [-0.4, -0.2) is 10.2 Å². The lowest BCUT2D eigenvalue weighted by atomic mass is 9.68. The summed E-state index contributed by atoms with van der Waals surface area (Å²) in [6.45, 7) is 8.54. The van der Waals surface area contributed by atoms with Gasteiger partial charge in [-0.05, 0) is 59.1 Å². The van der Waals surface area contributed by atoms with Crippen LogP contribution in [0.15, 0.2) is 36.4 Å². The molecule has 2 nitrogen and oxygen atoms in total. The fraction of sp³-hybridized carbons (Fsp3) is 0.520. The van der Waals surface area contributed by atoms with Crippen LogP contribution in [0.5, 0.6) is 11.5 Å². The van der Waals surface area contributed by atoms with E-state index in [0.29, 0.717) is 23.3 Å². The van der Waals surface area contributed by atoms with Crippen LogP contribution in [-0.2, 0) is 5.41 Å². The number of phenols is 2. The molecule has 0 amide bonds. The third kappa shape index (κ3) is 3.85. The van der Waals surface area contributed by atoms with Gasteiger partial charge in [-0.15, -0.1) is 0 Å². The van der Waals surface area contributed by atoms with Crippen LogP contribution in [0.3, 0.4) is 0 Å². The summed E-state index contributed by atoms with van der Waals surface area (Å²) in [4.78, 5) is 0. The van der Waals surface area contributed by atoms with Gasteiger partial charge >= 0.3 is 0 Å². The molecular weight excluding hydrogens is 332 g/mol. The Bertz CT molecular complexity index is 721. The van der Waals surface area contributed by atoms with Crippen molar-refractivity contribution in [2.45, 2.75) is 83.5 Å². The normalized spacial score (nSPS) is 17.3. The Kier molecular flexibility index (Phi) is 5.83. The van der Waals surface area contributed by atoms with E-state index in [0.717, 1.165) is 24.0 Å². The van der Waals surface area contributed by atoms with E-state index < -0.39 is 0 Å². The van der Waals surface area contributed by atoms with Gasteiger partial charge in [-0.3, -0.25) is 0 Å². The predicted molar refractivity (Wildman–Crippen MR) is 113 cm³/mol. The second-order valence-corrected chi connectivity index (χ2v) is 8.85. The van der Waals surface area contributed by atoms with Crippen molar-refractivity contribution in [3.63, 3.8) is 0 Å². The minimum absolute atomic E-state index is 0.0365. The van der Waals surface area contributed by atoms with Crippen LogP contribution in [0.2, 0.25) is 0 Å². The van der Waals surface area contributed by atoms with Gasteiger partial charge in [-0.25, -0.2) is 0 Å². The van der Waals surface area contributed by atoms with Crippen LogP contribution < -0.4 is 0 Å². The maximum absolute atomic E-state index is 10.3. The third-order valence-electron chi connectivity index (χ3n) is 6.36. The van der Waals surface area contributed by atoms with Crippen LogP contribution in [0, 0.1) is 0 Å². The summed E-state index contributed by atoms with van der Waals surface area (Å²) in [6, 6.07) is 12.4. The zero-order chi connectivity index (χ0) is 19.6. The van der Waals surface area contributed by atoms with Crippen molar-refractivity contribution < 1.29 is 10.2 Å². The summed E-state index contributed by atoms with van der Waals surface area (Å²) < 4.78 is 0. The Morgan fingerprint density at radius 2 is 1.07 bits per heavy atom. The molecule has 0 atom stereocenters. The van der Waals surface area contributed by atoms with E-state index in [9.17, 15) is 10.2 Å². The average molecular weight is 367 g/mol. The Labute approximate surface area is 164 Å². The molecule has 2 heteroatoms. The lowest BCUT2D eigenvalue weighted by Crippen LogP contribution is -2.27. The fourth-order valence-electron chi connectivity index (χ4n) is 4.71. The van der Waals surface area contributed by atoms with Crippen molar-refractivity contribution >= 4 is 0 Å². The first-order valence-corrected chi connectivity index (χ1v) is 10.5. The topological polar surface area (TPSA) is 40.5 Å². The summed E-state index contributed by atoms with van der Waals surface area (Å²) in [7, 11) is 0. The van der Waals surface area contributed by atoms with Gasteiger partial charge in [0.15, 0.2) is 0 Å². The molecule has 0 spiro atoms. The van der Waals surface area contributed by atoms with Gasteiger partial charge in [0.1, 0.15) is 11.5 Å². The Hall–Kier alpha value is -1.96. The van der Waals surface area contributed by atoms with Gasteiger partial charge in [-0.1, -0.05) is 77.6 Å². The van der Waals surface area contributed by atoms with E-state index in [1.54, 1.807) is 0 Å². The summed E-state index contributed by atoms with van der Waals surface area (Å²) in [5.41, 5.74) is 4.64. The van der Waals surface area contributed by atoms with Crippen LogP contribution in [0.1, 0.15) is 100 Å². The SMILES string of the molecule is CC(C)c1cc(C2(c3ccc(O)c(C(C)C)c3)CCCCCC2)ccc1O. The van der Waals surface area contributed by atoms with Crippen molar-refractivity contribution in [1.82, 2.24) is 0 Å². The van der Waals surface area contributed by atoms with Crippen LogP contribution in [0.4, 0.5) is 0 Å². The molecule has 1 saturated carbocycles. The highest BCUT2D eigenvalue weighted by Gasteiger charge is 2.36. The molecule has 2 aromatic rings. The number of hydrogen-bond donors (Lipinski definition) is 2. The van der Waals surface area contributed by atoms with Crippen LogP contribution >= 0.6 is 0 Å². The van der Waals surface area contributed by atoms with Gasteiger partial charge in [0.05, 0.1) is 0 Å². The Morgan fingerprint density at radius 3 is 1.44 bits per heavy atom. The highest BCUT2D eigenvalue weighted by molar-refractivity contribution is 5.49. The molecule has 0 radical (unpaired) electrons. The Balaban J connectivity index is 2.19. The summed E-state index contributed by atoms with van der Waals surface area (Å²) >= 11 is 0. The van der Waals surface area contributed by atoms with Crippen molar-refractivity contribution in [2.75, 3.05) is 0 Å². The van der Waals surface area contributed by atoms with Gasteiger partial charge in [-0.2, -0.15) is 0 Å². The average Bonchev–Trinajstić information content (AvgIpc) is 2.89. The molecule has 0 bridgehead atoms. The summed E-state index contributed by atoms with van der Waals surface area (Å²) in [5, 5.41) is 20.7. The van der Waals surface area contributed by atoms with E-state index >= 15 is 0 Å². The largest absolute Gasteiger partial charge is 0.508 e. The maximum atomic E-state index is 10.3. The quantitative estimate of drug-likeness (QED) is 0.573. The molecule has 27 heavy (non-hydrogen) atoms. The number of benzene rings is 2. The molecule has 0 saturated heterocycles. The number of rotatable bonds is 4. The molecule has 3 rings (SSSR count). The first-order valence-electron chi connectivity index (χ1n) is 10.5. The first kappa shape index (κ1) is 19.8. The van der Waals surface area contributed by atoms with Gasteiger partial charge in [0.25, 0.3) is 0 Å². The molecule has 2 aromatic carbocycles. The van der Waals surface area contributed by atoms with Crippen molar-refractivity contribution in [1.29, 1.82) is 0 Å². The minimum atomic E-state index is -0.0365. The highest BCUT2D eigenvalue weighted by atomic mass is 16.3. The van der Waals surface area contributed by atoms with Gasteiger partial charge in [0, 0.05) is 5.41 Å². The number of aromatic hydroxyl groups is 2. The van der Waals surface area contributed by atoms with E-state index in [1.807, 2.05) is 12.1 Å². The molecule has 0 heterocycles. The van der Waals surface area contributed by atoms with E-state index in [1.165, 1.54) is 36.8 Å². The Morgan fingerprint density at radius 1 is 0.667 bits per heavy atom. The molecule has 1 fully saturated rings. The minimum Gasteiger partial charge on any atom is -0.508 e. The van der Waals surface area contributed by atoms with E-state index in [2.05, 4.69) is 52.0 Å². The smallest absolute Gasteiger partial charge is 0.119 e. The number of hydrogen-bond acceptors (Lipinski definition) is 2. The van der Waals surface area contributed by atoms with Gasteiger partial charge < -0.3 is 10.2 Å². The molecule has 2 N–H and O–H groups in total. The first-order chi connectivity index (χ1) is 12.8. The zero-order valence-electron chi connectivity index (χ0n) is 17.3. The molecule has 1 aliphatic carbocycles. The second kappa shape index (κ2) is 7.96. The van der Waals surface area contributed by atoms with Crippen molar-refractivity contribution in [3.05, 3.63) is 58.7 Å². The number of phenolic OH excluding ortho intramolecular Hbond substituents is 2. The van der Waals surface area contributed by atoms with E-state index in [-0.39, 0.29) is 5.41 Å². The molecule has 146 valence electrons. The maximum Gasteiger partial charge on any atom is 0.119 e. The molecular formula is C25H34O2. The van der Waals surface area contributed by atoms with Crippen molar-refractivity contribution in [3.8, 4) is 11.5 Å². The predicted octanol–water partition coefficient (Wildman–Crippen LogP) is 6.98. The standard InChI is InChI=1S/C25H34O2/c1-17(2)21-15-19(9-11-23(21)26)25(13-7-5-6-8-14-25)20-10-12-24(27)22(16-20)18(3)4/h9-12,15-18,26-27H,5-8,13-14H2,1-4H3. The lowest BCUT2D eigenvalue weighted by Gasteiger charge is -2.36. The fourth-order valence-corrected chi connectivity index (χ4v) is 4.71. The monoisotopic (exact) mass is 366 g/mol. The van der Waals surface area contributed by atoms with Crippen molar-refractivity contribution in [2.24, 2.45) is 0 Å². The summed E-state index contributed by atoms with van der Waals surface area (Å²) in [6.07, 6.45) is 7.25. The van der Waals surface area contributed by atoms with E-state index in [4.69, 9.17) is 0 Å². The van der Waals surface area contributed by atoms with Gasteiger partial charge in [0.2, 0.25) is 0 Å². The molecule has 0 aliphatic heterocycles.